The van der Waals surface area contributed by atoms with Gasteiger partial charge < -0.3 is 59.0 Å². The van der Waals surface area contributed by atoms with Crippen molar-refractivity contribution in [3.63, 3.8) is 0 Å². The lowest BCUT2D eigenvalue weighted by Crippen LogP contribution is -2.34. The van der Waals surface area contributed by atoms with Crippen LogP contribution in [-0.4, -0.2) is 121 Å². The first-order chi connectivity index (χ1) is 30.4. The number of aliphatic hydroxyl groups excluding tert-OH is 4. The Morgan fingerprint density at radius 1 is 0.387 bits per heavy atom. The molecule has 16 heteroatoms. The summed E-state index contributed by atoms with van der Waals surface area (Å²) in [5.41, 5.74) is 4.60. The highest BCUT2D eigenvalue weighted by Crippen LogP contribution is 2.37. The molecule has 6 rings (SSSR count). The number of aliphatic hydroxyl groups is 4. The van der Waals surface area contributed by atoms with Gasteiger partial charge in [-0.25, -0.2) is 9.97 Å². The maximum Gasteiger partial charge on any atom is 0.228 e. The summed E-state index contributed by atoms with van der Waals surface area (Å²) in [5, 5.41) is 41.0. The van der Waals surface area contributed by atoms with E-state index < -0.39 is 0 Å². The average Bonchev–Trinajstić information content (AvgIpc) is 3.30. The quantitative estimate of drug-likeness (QED) is 0.0670. The van der Waals surface area contributed by atoms with Gasteiger partial charge in [-0.2, -0.15) is 9.97 Å². The zero-order chi connectivity index (χ0) is 43.8. The molecule has 0 atom stereocenters. The molecule has 0 aliphatic heterocycles. The van der Waals surface area contributed by atoms with E-state index in [1.165, 1.54) is 0 Å². The third kappa shape index (κ3) is 11.1. The van der Waals surface area contributed by atoms with Crippen LogP contribution in [0.4, 0.5) is 23.5 Å². The van der Waals surface area contributed by atoms with Crippen molar-refractivity contribution in [2.75, 3.05) is 101 Å². The Labute approximate surface area is 362 Å². The Morgan fingerprint density at radius 3 is 1.05 bits per heavy atom. The van der Waals surface area contributed by atoms with Gasteiger partial charge in [-0.1, -0.05) is 72.8 Å². The number of fused-ring (bicyclic) bond motifs is 1. The summed E-state index contributed by atoms with van der Waals surface area (Å²) >= 11 is 0. The second-order valence-corrected chi connectivity index (χ2v) is 14.3. The van der Waals surface area contributed by atoms with Gasteiger partial charge in [0.25, 0.3) is 0 Å². The first-order valence-corrected chi connectivity index (χ1v) is 20.4. The lowest BCUT2D eigenvalue weighted by Gasteiger charge is -2.31. The predicted octanol–water partition coefficient (Wildman–Crippen LogP) is 4.45. The molecule has 62 heavy (non-hydrogen) atoms. The third-order valence-electron chi connectivity index (χ3n) is 10.2. The lowest BCUT2D eigenvalue weighted by atomic mass is 10.1. The number of anilines is 4. The predicted molar refractivity (Wildman–Crippen MR) is 240 cm³/mol. The zero-order valence-corrected chi connectivity index (χ0v) is 35.7. The molecule has 0 aliphatic carbocycles. The molecule has 2 heterocycles. The maximum atomic E-state index is 10.2. The first-order valence-electron chi connectivity index (χ1n) is 20.4. The lowest BCUT2D eigenvalue weighted by molar-refractivity contribution is 0.279. The molecule has 4 N–H and O–H groups in total. The number of benzene rings is 4. The van der Waals surface area contributed by atoms with Crippen LogP contribution in [0.25, 0.3) is 11.0 Å². The van der Waals surface area contributed by atoms with Gasteiger partial charge in [0.05, 0.1) is 54.9 Å². The smallest absolute Gasteiger partial charge is 0.228 e. The Balaban J connectivity index is 1.68. The maximum absolute atomic E-state index is 10.2. The summed E-state index contributed by atoms with van der Waals surface area (Å²) in [7, 11) is 6.38. The molecule has 0 spiro atoms. The van der Waals surface area contributed by atoms with Crippen molar-refractivity contribution in [1.82, 2.24) is 19.9 Å². The number of aromatic nitrogens is 4. The largest absolute Gasteiger partial charge is 0.493 e. The Hall–Kier alpha value is -6.46. The topological polar surface area (TPSA) is 182 Å². The van der Waals surface area contributed by atoms with Crippen LogP contribution in [0, 0.1) is 0 Å². The molecule has 328 valence electrons. The number of nitrogens with zero attached hydrogens (tertiary/aromatic N) is 8. The molecular formula is C46H56N8O8. The Kier molecular flexibility index (Phi) is 16.3. The number of rotatable bonds is 24. The zero-order valence-electron chi connectivity index (χ0n) is 35.7. The summed E-state index contributed by atoms with van der Waals surface area (Å²) in [4.78, 5) is 28.4. The van der Waals surface area contributed by atoms with E-state index in [1.807, 2.05) is 97.1 Å². The number of hydrogen-bond donors (Lipinski definition) is 4. The van der Waals surface area contributed by atoms with E-state index in [1.54, 1.807) is 38.2 Å². The first kappa shape index (κ1) is 45.1. The van der Waals surface area contributed by atoms with Crippen molar-refractivity contribution in [1.29, 1.82) is 0 Å². The van der Waals surface area contributed by atoms with Crippen LogP contribution in [0.15, 0.2) is 97.1 Å². The minimum absolute atomic E-state index is 0.147. The highest BCUT2D eigenvalue weighted by atomic mass is 16.5. The standard InChI is InChI=1S/C46H56N8O8/c1-59-37-17-15-35(27-39(37)61-3)31-53(29-33-11-7-5-8-12-33)43-41-42(48-45(49-43)51(19-23-55)20-24-56)44(50-46(47-41)52(21-25-57)22-26-58)54(30-34-13-9-6-10-14-34)32-36-16-18-38(60-2)40(28-36)62-4/h5-18,27-28,55-58H,19-26,29-32H2,1-4H3. The fourth-order valence-corrected chi connectivity index (χ4v) is 7.21. The minimum atomic E-state index is -0.213. The fraction of sp³-hybridized carbons (Fsp3) is 0.348. The van der Waals surface area contributed by atoms with E-state index in [0.717, 1.165) is 22.3 Å². The normalized spacial score (nSPS) is 11.0. The second-order valence-electron chi connectivity index (χ2n) is 14.3. The fourth-order valence-electron chi connectivity index (χ4n) is 7.21. The molecule has 2 aromatic heterocycles. The molecular weight excluding hydrogens is 793 g/mol. The highest BCUT2D eigenvalue weighted by molar-refractivity contribution is 5.95. The van der Waals surface area contributed by atoms with E-state index in [4.69, 9.17) is 38.9 Å². The van der Waals surface area contributed by atoms with Crippen LogP contribution < -0.4 is 38.5 Å². The third-order valence-corrected chi connectivity index (χ3v) is 10.2. The summed E-state index contributed by atoms with van der Waals surface area (Å²) in [6.45, 7) is 1.20. The van der Waals surface area contributed by atoms with Crippen molar-refractivity contribution >= 4 is 34.6 Å². The van der Waals surface area contributed by atoms with Gasteiger partial charge in [-0.05, 0) is 46.5 Å². The monoisotopic (exact) mass is 848 g/mol. The van der Waals surface area contributed by atoms with Crippen molar-refractivity contribution < 1.29 is 39.4 Å². The van der Waals surface area contributed by atoms with E-state index >= 15 is 0 Å². The Bertz CT molecular complexity index is 2150. The molecule has 0 radical (unpaired) electrons. The van der Waals surface area contributed by atoms with Gasteiger partial charge in [0, 0.05) is 52.4 Å². The van der Waals surface area contributed by atoms with Gasteiger partial charge in [-0.3, -0.25) is 0 Å². The van der Waals surface area contributed by atoms with Crippen LogP contribution in [0.1, 0.15) is 22.3 Å². The highest BCUT2D eigenvalue weighted by Gasteiger charge is 2.27. The molecule has 0 unspecified atom stereocenters. The van der Waals surface area contributed by atoms with Gasteiger partial charge in [-0.15, -0.1) is 0 Å². The summed E-state index contributed by atoms with van der Waals surface area (Å²) in [6.07, 6.45) is 0. The second kappa shape index (κ2) is 22.4. The summed E-state index contributed by atoms with van der Waals surface area (Å²) < 4.78 is 22.5. The molecule has 16 nitrogen and oxygen atoms in total. The molecule has 0 saturated carbocycles. The van der Waals surface area contributed by atoms with E-state index in [9.17, 15) is 20.4 Å². The van der Waals surface area contributed by atoms with Crippen molar-refractivity contribution in [2.45, 2.75) is 26.2 Å². The summed E-state index contributed by atoms with van der Waals surface area (Å²) in [5.74, 6) is 3.73. The summed E-state index contributed by atoms with van der Waals surface area (Å²) in [6, 6.07) is 31.5. The molecule has 6 aromatic rings. The molecule has 0 fully saturated rings. The molecule has 0 bridgehead atoms. The molecule has 0 amide bonds. The van der Waals surface area contributed by atoms with Gasteiger partial charge in [0.2, 0.25) is 11.9 Å². The van der Waals surface area contributed by atoms with Crippen LogP contribution in [-0.2, 0) is 26.2 Å². The van der Waals surface area contributed by atoms with E-state index in [0.29, 0.717) is 71.8 Å². The molecule has 4 aromatic carbocycles. The SMILES string of the molecule is COc1ccc(CN(Cc2ccccc2)c2nc(N(CCO)CCO)nc3c(N(Cc4ccccc4)Cc4ccc(OC)c(OC)c4)nc(N(CCO)CCO)nc23)cc1OC. The van der Waals surface area contributed by atoms with Crippen molar-refractivity contribution in [3.8, 4) is 23.0 Å². The van der Waals surface area contributed by atoms with Crippen LogP contribution in [0.3, 0.4) is 0 Å². The van der Waals surface area contributed by atoms with Crippen molar-refractivity contribution in [2.24, 2.45) is 0 Å². The van der Waals surface area contributed by atoms with Crippen LogP contribution in [0.2, 0.25) is 0 Å². The van der Waals surface area contributed by atoms with E-state index in [2.05, 4.69) is 9.80 Å². The number of hydrogen-bond acceptors (Lipinski definition) is 16. The average molecular weight is 849 g/mol. The number of ether oxygens (including phenoxy) is 4. The van der Waals surface area contributed by atoms with Gasteiger partial charge in [0.15, 0.2) is 34.6 Å². The number of methoxy groups -OCH3 is 4. The van der Waals surface area contributed by atoms with Crippen LogP contribution in [0.5, 0.6) is 23.0 Å². The minimum Gasteiger partial charge on any atom is -0.493 e. The molecule has 0 aliphatic rings. The van der Waals surface area contributed by atoms with Gasteiger partial charge in [0.1, 0.15) is 11.0 Å². The Morgan fingerprint density at radius 2 is 0.726 bits per heavy atom. The van der Waals surface area contributed by atoms with Gasteiger partial charge >= 0.3 is 0 Å². The van der Waals surface area contributed by atoms with Crippen molar-refractivity contribution in [3.05, 3.63) is 119 Å². The van der Waals surface area contributed by atoms with E-state index in [-0.39, 0.29) is 64.5 Å². The molecule has 0 saturated heterocycles. The van der Waals surface area contributed by atoms with Crippen LogP contribution >= 0.6 is 0 Å².